The molecule has 2 aliphatic rings. The summed E-state index contributed by atoms with van der Waals surface area (Å²) < 4.78 is 0. The van der Waals surface area contributed by atoms with Crippen molar-refractivity contribution in [2.24, 2.45) is 4.99 Å². The molecule has 1 aliphatic heterocycles. The molecular weight excluding hydrogens is 396 g/mol. The third kappa shape index (κ3) is 2.82. The summed E-state index contributed by atoms with van der Waals surface area (Å²) in [7, 11) is 0. The maximum absolute atomic E-state index is 11.5. The molecule has 2 aromatic carbocycles. The second-order valence-corrected chi connectivity index (χ2v) is 7.45. The third-order valence-corrected chi connectivity index (χ3v) is 6.30. The van der Waals surface area contributed by atoms with E-state index < -0.39 is 5.72 Å². The number of fused-ring (bicyclic) bond motifs is 3. The highest BCUT2D eigenvalue weighted by Gasteiger charge is 2.56. The van der Waals surface area contributed by atoms with E-state index in [0.717, 1.165) is 30.2 Å². The van der Waals surface area contributed by atoms with E-state index in [2.05, 4.69) is 59.3 Å². The number of halogens is 1. The van der Waals surface area contributed by atoms with Crippen molar-refractivity contribution in [2.45, 2.75) is 31.2 Å². The van der Waals surface area contributed by atoms with Crippen molar-refractivity contribution in [1.82, 2.24) is 4.90 Å². The highest BCUT2D eigenvalue weighted by atomic mass is 79.9. The molecule has 0 saturated carbocycles. The number of aliphatic hydroxyl groups is 1. The molecule has 2 unspecified atom stereocenters. The predicted molar refractivity (Wildman–Crippen MR) is 112 cm³/mol. The van der Waals surface area contributed by atoms with Crippen LogP contribution in [0.4, 0.5) is 0 Å². The molecule has 1 aliphatic carbocycles. The first-order valence-electron chi connectivity index (χ1n) is 8.58. The molecule has 2 aromatic rings. The van der Waals surface area contributed by atoms with Gasteiger partial charge in [-0.1, -0.05) is 60.3 Å². The van der Waals surface area contributed by atoms with Gasteiger partial charge in [0.1, 0.15) is 0 Å². The van der Waals surface area contributed by atoms with Crippen LogP contribution < -0.4 is 0 Å². The van der Waals surface area contributed by atoms with E-state index in [0.29, 0.717) is 0 Å². The van der Waals surface area contributed by atoms with Gasteiger partial charge >= 0.3 is 0 Å². The monoisotopic (exact) mass is 418 g/mol. The second kappa shape index (κ2) is 7.14. The lowest BCUT2D eigenvalue weighted by molar-refractivity contribution is -0.0597. The molecule has 1 heterocycles. The molecular formula is C20H23BrN2OS. The fraction of sp³-hybridized carbons (Fsp3) is 0.350. The SMILES string of the molecule is Br.CCN=C1SC2Cc3cc(-c4ccccc4)ccc3C2(O)N1CC. The molecule has 1 N–H and O–H groups in total. The maximum atomic E-state index is 11.5. The minimum Gasteiger partial charge on any atom is -0.366 e. The molecule has 0 radical (unpaired) electrons. The van der Waals surface area contributed by atoms with E-state index in [9.17, 15) is 5.11 Å². The Morgan fingerprint density at radius 2 is 1.92 bits per heavy atom. The Bertz CT molecular complexity index is 796. The molecule has 5 heteroatoms. The lowest BCUT2D eigenvalue weighted by Gasteiger charge is -2.34. The lowest BCUT2D eigenvalue weighted by Crippen LogP contribution is -2.46. The number of thioether (sulfide) groups is 1. The summed E-state index contributed by atoms with van der Waals surface area (Å²) in [5.74, 6) is 0. The summed E-state index contributed by atoms with van der Waals surface area (Å²) >= 11 is 1.72. The number of aliphatic imine (C=N–C) groups is 1. The molecule has 132 valence electrons. The first-order chi connectivity index (χ1) is 11.7. The van der Waals surface area contributed by atoms with Crippen LogP contribution in [0.2, 0.25) is 0 Å². The van der Waals surface area contributed by atoms with Gasteiger partial charge in [0.05, 0.1) is 5.25 Å². The minimum atomic E-state index is -0.919. The van der Waals surface area contributed by atoms with Crippen molar-refractivity contribution in [1.29, 1.82) is 0 Å². The number of nitrogens with zero attached hydrogens (tertiary/aromatic N) is 2. The fourth-order valence-electron chi connectivity index (χ4n) is 3.86. The summed E-state index contributed by atoms with van der Waals surface area (Å²) in [6.07, 6.45) is 0.885. The van der Waals surface area contributed by atoms with Crippen molar-refractivity contribution in [3.8, 4) is 11.1 Å². The zero-order chi connectivity index (χ0) is 16.7. The van der Waals surface area contributed by atoms with Crippen molar-refractivity contribution in [3.05, 3.63) is 59.7 Å². The van der Waals surface area contributed by atoms with Crippen LogP contribution in [0.3, 0.4) is 0 Å². The van der Waals surface area contributed by atoms with Crippen LogP contribution >= 0.6 is 28.7 Å². The van der Waals surface area contributed by atoms with Crippen LogP contribution in [0.25, 0.3) is 11.1 Å². The normalized spacial score (nSPS) is 25.6. The number of rotatable bonds is 3. The molecule has 1 saturated heterocycles. The lowest BCUT2D eigenvalue weighted by atomic mass is 9.98. The van der Waals surface area contributed by atoms with Crippen LogP contribution in [-0.2, 0) is 12.1 Å². The van der Waals surface area contributed by atoms with Gasteiger partial charge in [0, 0.05) is 18.7 Å². The van der Waals surface area contributed by atoms with E-state index in [1.54, 1.807) is 11.8 Å². The number of hydrogen-bond donors (Lipinski definition) is 1. The standard InChI is InChI=1S/C20H22N2OS.BrH/c1-3-21-19-22(4-2)20(23)17-11-10-15(14-8-6-5-7-9-14)12-16(17)13-18(20)24-19;/h5-12,18,23H,3-4,13H2,1-2H3;1H. The zero-order valence-electron chi connectivity index (χ0n) is 14.5. The Labute approximate surface area is 163 Å². The van der Waals surface area contributed by atoms with E-state index in [1.165, 1.54) is 16.7 Å². The van der Waals surface area contributed by atoms with Gasteiger partial charge in [0.2, 0.25) is 0 Å². The third-order valence-electron chi connectivity index (χ3n) is 4.96. The highest BCUT2D eigenvalue weighted by molar-refractivity contribution is 8.93. The van der Waals surface area contributed by atoms with Gasteiger partial charge in [0.15, 0.2) is 10.9 Å². The highest BCUT2D eigenvalue weighted by Crippen LogP contribution is 2.52. The Balaban J connectivity index is 0.00000182. The van der Waals surface area contributed by atoms with E-state index in [1.807, 2.05) is 13.0 Å². The van der Waals surface area contributed by atoms with Crippen LogP contribution in [0.1, 0.15) is 25.0 Å². The zero-order valence-corrected chi connectivity index (χ0v) is 17.0. The number of hydrogen-bond acceptors (Lipinski definition) is 3. The maximum Gasteiger partial charge on any atom is 0.179 e. The summed E-state index contributed by atoms with van der Waals surface area (Å²) in [5, 5.41) is 12.6. The summed E-state index contributed by atoms with van der Waals surface area (Å²) in [5.41, 5.74) is 3.82. The topological polar surface area (TPSA) is 35.8 Å². The van der Waals surface area contributed by atoms with Gasteiger partial charge in [-0.25, -0.2) is 0 Å². The summed E-state index contributed by atoms with van der Waals surface area (Å²) in [6, 6.07) is 16.9. The van der Waals surface area contributed by atoms with E-state index in [-0.39, 0.29) is 22.2 Å². The first kappa shape index (κ1) is 18.5. The van der Waals surface area contributed by atoms with Gasteiger partial charge < -0.3 is 10.0 Å². The van der Waals surface area contributed by atoms with E-state index in [4.69, 9.17) is 0 Å². The quantitative estimate of drug-likeness (QED) is 0.799. The molecule has 0 amide bonds. The van der Waals surface area contributed by atoms with Gasteiger partial charge in [-0.3, -0.25) is 4.99 Å². The van der Waals surface area contributed by atoms with Gasteiger partial charge in [-0.15, -0.1) is 17.0 Å². The average molecular weight is 419 g/mol. The number of amidine groups is 1. The molecule has 0 bridgehead atoms. The molecule has 1 fully saturated rings. The molecule has 4 rings (SSSR count). The van der Waals surface area contributed by atoms with Crippen LogP contribution in [-0.4, -0.2) is 33.5 Å². The van der Waals surface area contributed by atoms with Crippen molar-refractivity contribution in [2.75, 3.05) is 13.1 Å². The second-order valence-electron chi connectivity index (χ2n) is 6.28. The Morgan fingerprint density at radius 3 is 2.60 bits per heavy atom. The van der Waals surface area contributed by atoms with Crippen molar-refractivity contribution < 1.29 is 5.11 Å². The van der Waals surface area contributed by atoms with Crippen LogP contribution in [0.5, 0.6) is 0 Å². The van der Waals surface area contributed by atoms with Crippen molar-refractivity contribution in [3.63, 3.8) is 0 Å². The molecule has 0 aromatic heterocycles. The largest absolute Gasteiger partial charge is 0.366 e. The molecule has 0 spiro atoms. The molecule has 2 atom stereocenters. The van der Waals surface area contributed by atoms with Gasteiger partial charge in [0.25, 0.3) is 0 Å². The Morgan fingerprint density at radius 1 is 1.16 bits per heavy atom. The average Bonchev–Trinajstić information content (AvgIpc) is 3.03. The van der Waals surface area contributed by atoms with Gasteiger partial charge in [-0.2, -0.15) is 0 Å². The first-order valence-corrected chi connectivity index (χ1v) is 9.46. The molecule has 3 nitrogen and oxygen atoms in total. The summed E-state index contributed by atoms with van der Waals surface area (Å²) in [6.45, 7) is 5.64. The minimum absolute atomic E-state index is 0. The number of benzene rings is 2. The fourth-order valence-corrected chi connectivity index (χ4v) is 5.40. The Kier molecular flexibility index (Phi) is 5.28. The van der Waals surface area contributed by atoms with E-state index >= 15 is 0 Å². The predicted octanol–water partition coefficient (Wildman–Crippen LogP) is 4.45. The van der Waals surface area contributed by atoms with Crippen molar-refractivity contribution >= 4 is 33.9 Å². The Hall–Kier alpha value is -1.30. The smallest absolute Gasteiger partial charge is 0.179 e. The molecule has 25 heavy (non-hydrogen) atoms. The van der Waals surface area contributed by atoms with Crippen LogP contribution in [0.15, 0.2) is 53.5 Å². The summed E-state index contributed by atoms with van der Waals surface area (Å²) in [4.78, 5) is 6.66. The van der Waals surface area contributed by atoms with Gasteiger partial charge in [-0.05, 0) is 37.0 Å². The van der Waals surface area contributed by atoms with Crippen LogP contribution in [0, 0.1) is 0 Å².